The number of ether oxygens (including phenoxy) is 2. The number of furan rings is 1. The molecule has 0 spiro atoms. The summed E-state index contributed by atoms with van der Waals surface area (Å²) in [5.74, 6) is -0.375. The summed E-state index contributed by atoms with van der Waals surface area (Å²) in [6.07, 6.45) is 0.793. The third kappa shape index (κ3) is 6.66. The second-order valence-corrected chi connectivity index (χ2v) is 6.79. The molecule has 1 aromatic carbocycles. The van der Waals surface area contributed by atoms with Gasteiger partial charge in [-0.1, -0.05) is 30.3 Å². The Morgan fingerprint density at radius 2 is 1.96 bits per heavy atom. The molecule has 1 heterocycles. The van der Waals surface area contributed by atoms with Gasteiger partial charge in [-0.3, -0.25) is 0 Å². The molecule has 1 aromatic heterocycles. The van der Waals surface area contributed by atoms with Crippen molar-refractivity contribution in [2.45, 2.75) is 24.8 Å². The van der Waals surface area contributed by atoms with Crippen LogP contribution < -0.4 is 5.32 Å². The van der Waals surface area contributed by atoms with Crippen molar-refractivity contribution < 1.29 is 33.4 Å². The average Bonchev–Trinajstić information content (AvgIpc) is 3.17. The number of carboxylic acids is 1. The molecule has 150 valence electrons. The summed E-state index contributed by atoms with van der Waals surface area (Å²) in [6, 6.07) is 9.53. The molecule has 0 radical (unpaired) electrons. The van der Waals surface area contributed by atoms with Crippen molar-refractivity contribution in [2.24, 2.45) is 0 Å². The Labute approximate surface area is 166 Å². The predicted molar refractivity (Wildman–Crippen MR) is 102 cm³/mol. The Balaban J connectivity index is 1.75. The summed E-state index contributed by atoms with van der Waals surface area (Å²) < 4.78 is 15.0. The number of rotatable bonds is 10. The first-order valence-corrected chi connectivity index (χ1v) is 9.59. The zero-order chi connectivity index (χ0) is 20.4. The lowest BCUT2D eigenvalue weighted by Crippen LogP contribution is -2.41. The molecule has 8 nitrogen and oxygen atoms in total. The Hall–Kier alpha value is -2.94. The van der Waals surface area contributed by atoms with Gasteiger partial charge in [0.25, 0.3) is 0 Å². The molecule has 0 aliphatic heterocycles. The highest BCUT2D eigenvalue weighted by Crippen LogP contribution is 2.19. The van der Waals surface area contributed by atoms with Gasteiger partial charge in [0.05, 0.1) is 19.1 Å². The number of amides is 1. The van der Waals surface area contributed by atoms with Crippen LogP contribution in [0.25, 0.3) is 0 Å². The lowest BCUT2D eigenvalue weighted by molar-refractivity contribution is -0.139. The fraction of sp³-hybridized carbons (Fsp3) is 0.316. The number of esters is 1. The molecule has 0 bridgehead atoms. The minimum atomic E-state index is -1.15. The molecule has 0 saturated carbocycles. The zero-order valence-corrected chi connectivity index (χ0v) is 16.1. The summed E-state index contributed by atoms with van der Waals surface area (Å²) in [5.41, 5.74) is 1.15. The van der Waals surface area contributed by atoms with Crippen molar-refractivity contribution in [2.75, 3.05) is 12.9 Å². The maximum atomic E-state index is 11.8. The van der Waals surface area contributed by atoms with Crippen LogP contribution in [0.4, 0.5) is 4.79 Å². The van der Waals surface area contributed by atoms with Crippen LogP contribution in [0, 0.1) is 0 Å². The number of carboxylic acid groups (broad SMARTS) is 1. The van der Waals surface area contributed by atoms with Crippen molar-refractivity contribution in [3.05, 3.63) is 59.5 Å². The number of benzene rings is 1. The fourth-order valence-corrected chi connectivity index (χ4v) is 3.23. The number of methoxy groups -OCH3 is 1. The molecule has 0 saturated heterocycles. The highest BCUT2D eigenvalue weighted by Gasteiger charge is 2.21. The summed E-state index contributed by atoms with van der Waals surface area (Å²) >= 11 is 1.38. The maximum absolute atomic E-state index is 11.8. The van der Waals surface area contributed by atoms with Crippen LogP contribution in [0.1, 0.15) is 28.1 Å². The Bertz CT molecular complexity index is 791. The van der Waals surface area contributed by atoms with Crippen LogP contribution in [-0.4, -0.2) is 42.0 Å². The van der Waals surface area contributed by atoms with E-state index < -0.39 is 24.1 Å². The van der Waals surface area contributed by atoms with E-state index in [1.807, 2.05) is 18.2 Å². The van der Waals surface area contributed by atoms with E-state index in [-0.39, 0.29) is 13.0 Å². The van der Waals surface area contributed by atoms with Gasteiger partial charge in [0, 0.05) is 0 Å². The van der Waals surface area contributed by atoms with E-state index in [0.717, 1.165) is 5.56 Å². The molecule has 2 N–H and O–H groups in total. The van der Waals surface area contributed by atoms with Crippen molar-refractivity contribution in [3.8, 4) is 0 Å². The van der Waals surface area contributed by atoms with Gasteiger partial charge in [-0.15, -0.1) is 0 Å². The minimum Gasteiger partial charge on any atom is -0.480 e. The van der Waals surface area contributed by atoms with Gasteiger partial charge in [-0.25, -0.2) is 14.4 Å². The molecular formula is C19H21NO7S. The summed E-state index contributed by atoms with van der Waals surface area (Å²) in [7, 11) is 1.28. The number of carbonyl (C=O) groups excluding carboxylic acids is 2. The van der Waals surface area contributed by atoms with E-state index in [9.17, 15) is 19.5 Å². The van der Waals surface area contributed by atoms with Crippen molar-refractivity contribution in [3.63, 3.8) is 0 Å². The topological polar surface area (TPSA) is 115 Å². The van der Waals surface area contributed by atoms with Crippen molar-refractivity contribution >= 4 is 29.8 Å². The highest BCUT2D eigenvalue weighted by molar-refractivity contribution is 7.98. The number of aliphatic carboxylic acids is 1. The van der Waals surface area contributed by atoms with E-state index in [0.29, 0.717) is 22.8 Å². The monoisotopic (exact) mass is 407 g/mol. The van der Waals surface area contributed by atoms with Crippen LogP contribution >= 0.6 is 11.8 Å². The molecule has 28 heavy (non-hydrogen) atoms. The van der Waals surface area contributed by atoms with Crippen LogP contribution in [-0.2, 0) is 26.6 Å². The van der Waals surface area contributed by atoms with Gasteiger partial charge >= 0.3 is 18.0 Å². The molecule has 0 aliphatic rings. The van der Waals surface area contributed by atoms with Gasteiger partial charge in [0.15, 0.2) is 0 Å². The largest absolute Gasteiger partial charge is 0.480 e. The van der Waals surface area contributed by atoms with E-state index >= 15 is 0 Å². The lowest BCUT2D eigenvalue weighted by atomic mass is 10.2. The smallest absolute Gasteiger partial charge is 0.408 e. The number of hydrogen-bond donors (Lipinski definition) is 2. The van der Waals surface area contributed by atoms with Gasteiger partial charge in [0.2, 0.25) is 0 Å². The molecular weight excluding hydrogens is 386 g/mol. The van der Waals surface area contributed by atoms with Gasteiger partial charge in [-0.2, -0.15) is 11.8 Å². The number of alkyl carbamates (subject to hydrolysis) is 1. The molecule has 1 unspecified atom stereocenters. The molecule has 2 aromatic rings. The Kier molecular flexibility index (Phi) is 8.41. The number of carbonyl (C=O) groups is 3. The second-order valence-electron chi connectivity index (χ2n) is 5.69. The Morgan fingerprint density at radius 3 is 2.64 bits per heavy atom. The van der Waals surface area contributed by atoms with Crippen LogP contribution in [0.5, 0.6) is 0 Å². The first-order valence-electron chi connectivity index (χ1n) is 8.43. The summed E-state index contributed by atoms with van der Waals surface area (Å²) in [4.78, 5) is 34.8. The standard InChI is InChI=1S/C19H21NO7S/c1-25-18(23)14-7-9-26-16(14)12-28-10-8-15(17(21)22)20-19(24)27-11-13-5-3-2-4-6-13/h2-7,9,15H,8,10-12H2,1H3,(H,20,24)(H,21,22). The van der Waals surface area contributed by atoms with Crippen LogP contribution in [0.3, 0.4) is 0 Å². The van der Waals surface area contributed by atoms with E-state index in [1.165, 1.54) is 31.2 Å². The summed E-state index contributed by atoms with van der Waals surface area (Å²) in [6.45, 7) is 0.0581. The summed E-state index contributed by atoms with van der Waals surface area (Å²) in [5, 5.41) is 11.6. The van der Waals surface area contributed by atoms with Gasteiger partial charge in [0.1, 0.15) is 24.0 Å². The Morgan fingerprint density at radius 1 is 1.21 bits per heavy atom. The third-order valence-corrected chi connectivity index (χ3v) is 4.73. The molecule has 0 aliphatic carbocycles. The van der Waals surface area contributed by atoms with E-state index in [4.69, 9.17) is 9.15 Å². The fourth-order valence-electron chi connectivity index (χ4n) is 2.27. The quantitative estimate of drug-likeness (QED) is 0.456. The predicted octanol–water partition coefficient (Wildman–Crippen LogP) is 3.07. The van der Waals surface area contributed by atoms with Gasteiger partial charge in [-0.05, 0) is 23.8 Å². The normalized spacial score (nSPS) is 11.5. The van der Waals surface area contributed by atoms with Crippen molar-refractivity contribution in [1.82, 2.24) is 5.32 Å². The zero-order valence-electron chi connectivity index (χ0n) is 15.3. The van der Waals surface area contributed by atoms with E-state index in [2.05, 4.69) is 10.1 Å². The molecule has 0 fully saturated rings. The van der Waals surface area contributed by atoms with Crippen LogP contribution in [0.15, 0.2) is 47.1 Å². The number of hydrogen-bond acceptors (Lipinski definition) is 7. The highest BCUT2D eigenvalue weighted by atomic mass is 32.2. The molecule has 1 amide bonds. The second kappa shape index (κ2) is 11.0. The number of thioether (sulfide) groups is 1. The molecule has 9 heteroatoms. The maximum Gasteiger partial charge on any atom is 0.408 e. The SMILES string of the molecule is COC(=O)c1ccoc1CSCCC(NC(=O)OCc1ccccc1)C(=O)O. The molecule has 2 rings (SSSR count). The van der Waals surface area contributed by atoms with Crippen molar-refractivity contribution in [1.29, 1.82) is 0 Å². The first kappa shape index (κ1) is 21.4. The van der Waals surface area contributed by atoms with Crippen LogP contribution in [0.2, 0.25) is 0 Å². The number of nitrogens with one attached hydrogen (secondary N) is 1. The van der Waals surface area contributed by atoms with Gasteiger partial charge < -0.3 is 24.3 Å². The average molecular weight is 407 g/mol. The van der Waals surface area contributed by atoms with E-state index in [1.54, 1.807) is 12.1 Å². The first-order chi connectivity index (χ1) is 13.5. The minimum absolute atomic E-state index is 0.0581. The molecule has 1 atom stereocenters. The lowest BCUT2D eigenvalue weighted by Gasteiger charge is -2.14. The third-order valence-electron chi connectivity index (χ3n) is 3.74.